The van der Waals surface area contributed by atoms with Gasteiger partial charge in [-0.25, -0.2) is 0 Å². The Labute approximate surface area is 113 Å². The zero-order chi connectivity index (χ0) is 13.9. The fraction of sp³-hybridized carbons (Fsp3) is 0.364. The van der Waals surface area contributed by atoms with Crippen molar-refractivity contribution in [1.82, 2.24) is 0 Å². The number of nitrogens with zero attached hydrogens (tertiary/aromatic N) is 1. The van der Waals surface area contributed by atoms with Gasteiger partial charge in [0.05, 0.1) is 4.92 Å². The molecule has 0 aliphatic carbocycles. The third kappa shape index (κ3) is 3.61. The van der Waals surface area contributed by atoms with Gasteiger partial charge in [0, 0.05) is 22.4 Å². The topological polar surface area (TPSA) is 80.4 Å². The van der Waals surface area contributed by atoms with Gasteiger partial charge in [0.15, 0.2) is 0 Å². The van der Waals surface area contributed by atoms with E-state index in [1.165, 1.54) is 18.2 Å². The van der Waals surface area contributed by atoms with Crippen LogP contribution in [0.25, 0.3) is 0 Å². The van der Waals surface area contributed by atoms with E-state index < -0.39 is 15.6 Å². The molecule has 0 saturated heterocycles. The summed E-state index contributed by atoms with van der Waals surface area (Å²) in [6, 6.07) is 4.26. The van der Waals surface area contributed by atoms with Gasteiger partial charge in [-0.3, -0.25) is 14.9 Å². The van der Waals surface area contributed by atoms with Crippen LogP contribution in [-0.4, -0.2) is 20.7 Å². The normalized spacial score (nSPS) is 11.3. The Balaban J connectivity index is 2.94. The predicted octanol–water partition coefficient (Wildman–Crippen LogP) is 3.34. The number of halogens is 1. The Morgan fingerprint density at radius 3 is 2.67 bits per heavy atom. The second kappa shape index (κ2) is 5.58. The van der Waals surface area contributed by atoms with E-state index in [0.29, 0.717) is 10.6 Å². The quantitative estimate of drug-likeness (QED) is 0.664. The molecule has 1 N–H and O–H groups in total. The summed E-state index contributed by atoms with van der Waals surface area (Å²) in [7, 11) is 0. The minimum atomic E-state index is -1.00. The van der Waals surface area contributed by atoms with Gasteiger partial charge in [-0.05, 0) is 26.0 Å². The molecular formula is C11H12ClNO4S. The van der Waals surface area contributed by atoms with E-state index in [1.807, 2.05) is 0 Å². The summed E-state index contributed by atoms with van der Waals surface area (Å²) >= 11 is 6.90. The van der Waals surface area contributed by atoms with Crippen LogP contribution in [0.3, 0.4) is 0 Å². The molecule has 1 rings (SSSR count). The Morgan fingerprint density at radius 2 is 2.17 bits per heavy atom. The summed E-state index contributed by atoms with van der Waals surface area (Å²) in [6.45, 7) is 3.10. The standard InChI is InChI=1S/C11H12ClNO4S/c1-11(2,10(14)15)18-6-7-5-8(12)3-4-9(7)13(16)17/h3-5H,6H2,1-2H3,(H,14,15). The molecule has 0 atom stereocenters. The van der Waals surface area contributed by atoms with Crippen LogP contribution in [0.2, 0.25) is 5.02 Å². The molecule has 0 radical (unpaired) electrons. The number of aliphatic carboxylic acids is 1. The lowest BCUT2D eigenvalue weighted by Gasteiger charge is -2.18. The second-order valence-electron chi connectivity index (χ2n) is 4.13. The number of carboxylic acids is 1. The molecule has 7 heteroatoms. The van der Waals surface area contributed by atoms with Crippen LogP contribution in [0.5, 0.6) is 0 Å². The van der Waals surface area contributed by atoms with Gasteiger partial charge in [-0.1, -0.05) is 11.6 Å². The van der Waals surface area contributed by atoms with E-state index in [0.717, 1.165) is 11.8 Å². The molecule has 0 amide bonds. The molecule has 0 saturated carbocycles. The highest BCUT2D eigenvalue weighted by atomic mass is 35.5. The van der Waals surface area contributed by atoms with Gasteiger partial charge in [0.1, 0.15) is 4.75 Å². The number of hydrogen-bond acceptors (Lipinski definition) is 4. The van der Waals surface area contributed by atoms with Crippen molar-refractivity contribution in [1.29, 1.82) is 0 Å². The minimum Gasteiger partial charge on any atom is -0.480 e. The number of benzene rings is 1. The molecule has 0 fully saturated rings. The van der Waals surface area contributed by atoms with Crippen molar-refractivity contribution in [2.45, 2.75) is 24.3 Å². The first-order valence-electron chi connectivity index (χ1n) is 5.04. The van der Waals surface area contributed by atoms with Crippen LogP contribution in [-0.2, 0) is 10.5 Å². The van der Waals surface area contributed by atoms with E-state index in [-0.39, 0.29) is 11.4 Å². The first kappa shape index (κ1) is 14.8. The molecule has 0 aliphatic rings. The molecule has 18 heavy (non-hydrogen) atoms. The molecule has 5 nitrogen and oxygen atoms in total. The van der Waals surface area contributed by atoms with Crippen molar-refractivity contribution in [3.05, 3.63) is 38.9 Å². The third-order valence-electron chi connectivity index (χ3n) is 2.34. The molecule has 0 aromatic heterocycles. The summed E-state index contributed by atoms with van der Waals surface area (Å²) in [5, 5.41) is 20.2. The van der Waals surface area contributed by atoms with E-state index in [4.69, 9.17) is 16.7 Å². The average Bonchev–Trinajstić information content (AvgIpc) is 2.26. The van der Waals surface area contributed by atoms with Crippen molar-refractivity contribution in [2.24, 2.45) is 0 Å². The van der Waals surface area contributed by atoms with Gasteiger partial charge in [-0.2, -0.15) is 0 Å². The van der Waals surface area contributed by atoms with Crippen LogP contribution in [0, 0.1) is 10.1 Å². The lowest BCUT2D eigenvalue weighted by molar-refractivity contribution is -0.385. The maximum absolute atomic E-state index is 10.9. The first-order valence-corrected chi connectivity index (χ1v) is 6.40. The largest absolute Gasteiger partial charge is 0.480 e. The molecule has 0 bridgehead atoms. The van der Waals surface area contributed by atoms with Crippen LogP contribution < -0.4 is 0 Å². The van der Waals surface area contributed by atoms with Crippen LogP contribution in [0.15, 0.2) is 18.2 Å². The predicted molar refractivity (Wildman–Crippen MR) is 71.1 cm³/mol. The summed E-state index contributed by atoms with van der Waals surface area (Å²) in [5.74, 6) is -0.743. The second-order valence-corrected chi connectivity index (χ2v) is 6.17. The third-order valence-corrected chi connectivity index (χ3v) is 3.93. The number of carboxylic acid groups (broad SMARTS) is 1. The van der Waals surface area contributed by atoms with Crippen molar-refractivity contribution in [2.75, 3.05) is 0 Å². The van der Waals surface area contributed by atoms with Crippen LogP contribution >= 0.6 is 23.4 Å². The molecule has 0 heterocycles. The molecule has 0 spiro atoms. The Hall–Kier alpha value is -1.27. The van der Waals surface area contributed by atoms with Gasteiger partial charge in [0.2, 0.25) is 0 Å². The van der Waals surface area contributed by atoms with Crippen LogP contribution in [0.4, 0.5) is 5.69 Å². The lowest BCUT2D eigenvalue weighted by atomic mass is 10.2. The molecule has 0 aliphatic heterocycles. The van der Waals surface area contributed by atoms with E-state index in [2.05, 4.69) is 0 Å². The number of carbonyl (C=O) groups is 1. The lowest BCUT2D eigenvalue weighted by Crippen LogP contribution is -2.27. The Kier molecular flexibility index (Phi) is 4.59. The Bertz CT molecular complexity index is 490. The highest BCUT2D eigenvalue weighted by Crippen LogP contribution is 2.32. The minimum absolute atomic E-state index is 0.0481. The summed E-state index contributed by atoms with van der Waals surface area (Å²) < 4.78 is -1.00. The molecule has 0 unspecified atom stereocenters. The van der Waals surface area contributed by atoms with Crippen LogP contribution in [0.1, 0.15) is 19.4 Å². The smallest absolute Gasteiger partial charge is 0.319 e. The zero-order valence-electron chi connectivity index (χ0n) is 9.84. The Morgan fingerprint density at radius 1 is 1.56 bits per heavy atom. The number of hydrogen-bond donors (Lipinski definition) is 1. The van der Waals surface area contributed by atoms with E-state index >= 15 is 0 Å². The van der Waals surface area contributed by atoms with Gasteiger partial charge in [0.25, 0.3) is 5.69 Å². The van der Waals surface area contributed by atoms with Gasteiger partial charge >= 0.3 is 5.97 Å². The molecular weight excluding hydrogens is 278 g/mol. The fourth-order valence-corrected chi connectivity index (χ4v) is 2.23. The SMILES string of the molecule is CC(C)(SCc1cc(Cl)ccc1[N+](=O)[O-])C(=O)O. The number of thioether (sulfide) groups is 1. The zero-order valence-corrected chi connectivity index (χ0v) is 11.4. The summed E-state index contributed by atoms with van der Waals surface area (Å²) in [5.41, 5.74) is 0.375. The van der Waals surface area contributed by atoms with Crippen molar-refractivity contribution in [3.8, 4) is 0 Å². The first-order chi connectivity index (χ1) is 8.24. The van der Waals surface area contributed by atoms with Gasteiger partial charge in [-0.15, -0.1) is 11.8 Å². The molecule has 1 aromatic rings. The fourth-order valence-electron chi connectivity index (χ4n) is 1.17. The summed E-state index contributed by atoms with van der Waals surface area (Å²) in [6.07, 6.45) is 0. The van der Waals surface area contributed by atoms with E-state index in [9.17, 15) is 14.9 Å². The van der Waals surface area contributed by atoms with Crippen molar-refractivity contribution in [3.63, 3.8) is 0 Å². The maximum Gasteiger partial charge on any atom is 0.319 e. The van der Waals surface area contributed by atoms with Gasteiger partial charge < -0.3 is 5.11 Å². The average molecular weight is 290 g/mol. The number of nitro groups is 1. The number of nitro benzene ring substituents is 1. The maximum atomic E-state index is 10.9. The van der Waals surface area contributed by atoms with E-state index in [1.54, 1.807) is 13.8 Å². The molecule has 1 aromatic carbocycles. The molecule has 98 valence electrons. The summed E-state index contributed by atoms with van der Waals surface area (Å²) in [4.78, 5) is 21.3. The highest BCUT2D eigenvalue weighted by Gasteiger charge is 2.28. The highest BCUT2D eigenvalue weighted by molar-refractivity contribution is 8.00. The van der Waals surface area contributed by atoms with Crippen molar-refractivity contribution >= 4 is 35.0 Å². The number of rotatable bonds is 5. The monoisotopic (exact) mass is 289 g/mol. The van der Waals surface area contributed by atoms with Crippen molar-refractivity contribution < 1.29 is 14.8 Å².